The summed E-state index contributed by atoms with van der Waals surface area (Å²) in [4.78, 5) is 13.5. The maximum atomic E-state index is 11.4. The van der Waals surface area contributed by atoms with Crippen LogP contribution in [-0.4, -0.2) is 29.1 Å². The Hall–Kier alpha value is -1.06. The summed E-state index contributed by atoms with van der Waals surface area (Å²) in [5, 5.41) is 9.40. The lowest BCUT2D eigenvalue weighted by molar-refractivity contribution is -0.144. The Kier molecular flexibility index (Phi) is 5.63. The molecule has 1 aliphatic rings. The van der Waals surface area contributed by atoms with E-state index >= 15 is 0 Å². The summed E-state index contributed by atoms with van der Waals surface area (Å²) in [5.41, 5.74) is 0.884. The molecule has 1 aromatic carbocycles. The van der Waals surface area contributed by atoms with Gasteiger partial charge in [-0.1, -0.05) is 37.3 Å². The Morgan fingerprint density at radius 2 is 1.83 bits per heavy atom. The van der Waals surface area contributed by atoms with Crippen molar-refractivity contribution in [2.75, 3.05) is 13.1 Å². The second-order valence-corrected chi connectivity index (χ2v) is 4.87. The maximum Gasteiger partial charge on any atom is 0.325 e. The summed E-state index contributed by atoms with van der Waals surface area (Å²) in [5.74, 6) is -0.0257. The van der Waals surface area contributed by atoms with Gasteiger partial charge >= 0.3 is 5.97 Å². The fourth-order valence-corrected chi connectivity index (χ4v) is 2.43. The topological polar surface area (TPSA) is 40.5 Å². The number of hydrogen-bond acceptors (Lipinski definition) is 2. The standard InChI is InChI=1S/C14H19NO2.ClH/c1-11-7-9-15(10-8-11)13(14(16)17)12-5-3-2-4-6-12;/h2-6,11,13H,7-10H2,1H3,(H,16,17);1H/p-1. The van der Waals surface area contributed by atoms with Gasteiger partial charge in [0.15, 0.2) is 0 Å². The molecule has 1 saturated heterocycles. The van der Waals surface area contributed by atoms with Crippen LogP contribution >= 0.6 is 0 Å². The Labute approximate surface area is 114 Å². The molecule has 2 rings (SSSR count). The Morgan fingerprint density at radius 3 is 2.33 bits per heavy atom. The molecule has 1 aromatic rings. The minimum atomic E-state index is -0.745. The third-order valence-electron chi connectivity index (χ3n) is 3.53. The predicted molar refractivity (Wildman–Crippen MR) is 66.8 cm³/mol. The van der Waals surface area contributed by atoms with E-state index in [1.54, 1.807) is 0 Å². The third kappa shape index (κ3) is 3.47. The van der Waals surface area contributed by atoms with Crippen molar-refractivity contribution in [3.63, 3.8) is 0 Å². The quantitative estimate of drug-likeness (QED) is 0.807. The summed E-state index contributed by atoms with van der Waals surface area (Å²) in [7, 11) is 0. The molecule has 0 amide bonds. The van der Waals surface area contributed by atoms with E-state index < -0.39 is 12.0 Å². The minimum absolute atomic E-state index is 0. The van der Waals surface area contributed by atoms with Gasteiger partial charge in [0, 0.05) is 0 Å². The normalized spacial score (nSPS) is 18.9. The third-order valence-corrected chi connectivity index (χ3v) is 3.53. The molecule has 1 heterocycles. The number of benzene rings is 1. The van der Waals surface area contributed by atoms with E-state index in [1.807, 2.05) is 30.3 Å². The van der Waals surface area contributed by atoms with Crippen molar-refractivity contribution in [3.05, 3.63) is 35.9 Å². The highest BCUT2D eigenvalue weighted by Gasteiger charge is 2.29. The molecule has 0 radical (unpaired) electrons. The van der Waals surface area contributed by atoms with Crippen molar-refractivity contribution < 1.29 is 22.3 Å². The van der Waals surface area contributed by atoms with Gasteiger partial charge in [0.05, 0.1) is 0 Å². The summed E-state index contributed by atoms with van der Waals surface area (Å²) < 4.78 is 0. The van der Waals surface area contributed by atoms with E-state index in [2.05, 4.69) is 11.8 Å². The lowest BCUT2D eigenvalue weighted by atomic mass is 9.96. The van der Waals surface area contributed by atoms with Crippen LogP contribution in [0.25, 0.3) is 0 Å². The van der Waals surface area contributed by atoms with Gasteiger partial charge in [-0.25, -0.2) is 0 Å². The Balaban J connectivity index is 0.00000162. The molecule has 3 nitrogen and oxygen atoms in total. The van der Waals surface area contributed by atoms with Gasteiger partial charge in [-0.2, -0.15) is 0 Å². The van der Waals surface area contributed by atoms with Crippen molar-refractivity contribution in [1.29, 1.82) is 0 Å². The van der Waals surface area contributed by atoms with Gasteiger partial charge in [-0.15, -0.1) is 0 Å². The van der Waals surface area contributed by atoms with Gasteiger partial charge in [-0.3, -0.25) is 9.69 Å². The Morgan fingerprint density at radius 1 is 1.28 bits per heavy atom. The summed E-state index contributed by atoms with van der Waals surface area (Å²) >= 11 is 0. The van der Waals surface area contributed by atoms with Gasteiger partial charge in [0.25, 0.3) is 0 Å². The largest absolute Gasteiger partial charge is 1.00 e. The first-order valence-electron chi connectivity index (χ1n) is 6.20. The van der Waals surface area contributed by atoms with Crippen LogP contribution in [0.3, 0.4) is 0 Å². The fraction of sp³-hybridized carbons (Fsp3) is 0.500. The van der Waals surface area contributed by atoms with Crippen molar-refractivity contribution in [2.45, 2.75) is 25.8 Å². The summed E-state index contributed by atoms with van der Waals surface area (Å²) in [6.45, 7) is 4.00. The first-order valence-corrected chi connectivity index (χ1v) is 6.20. The number of likely N-dealkylation sites (tertiary alicyclic amines) is 1. The van der Waals surface area contributed by atoms with E-state index in [9.17, 15) is 9.90 Å². The smallest absolute Gasteiger partial charge is 0.325 e. The first-order chi connectivity index (χ1) is 8.18. The molecular formula is C14H19ClNO2-. The van der Waals surface area contributed by atoms with Gasteiger partial charge in [0.2, 0.25) is 0 Å². The molecule has 0 aliphatic carbocycles. The molecule has 4 heteroatoms. The van der Waals surface area contributed by atoms with Crippen molar-refractivity contribution in [2.24, 2.45) is 5.92 Å². The zero-order chi connectivity index (χ0) is 12.3. The van der Waals surface area contributed by atoms with Gasteiger partial charge < -0.3 is 17.5 Å². The van der Waals surface area contributed by atoms with E-state index in [-0.39, 0.29) is 12.4 Å². The van der Waals surface area contributed by atoms with Crippen LogP contribution < -0.4 is 12.4 Å². The van der Waals surface area contributed by atoms with Crippen LogP contribution in [0.1, 0.15) is 31.4 Å². The number of carboxylic acid groups (broad SMARTS) is 1. The molecule has 100 valence electrons. The van der Waals surface area contributed by atoms with Crippen molar-refractivity contribution >= 4 is 5.97 Å². The number of carbonyl (C=O) groups is 1. The molecule has 1 fully saturated rings. The van der Waals surface area contributed by atoms with E-state index in [0.29, 0.717) is 0 Å². The second kappa shape index (κ2) is 6.76. The molecule has 1 N–H and O–H groups in total. The monoisotopic (exact) mass is 268 g/mol. The van der Waals surface area contributed by atoms with Crippen LogP contribution in [0.2, 0.25) is 0 Å². The van der Waals surface area contributed by atoms with Crippen LogP contribution in [-0.2, 0) is 4.79 Å². The number of nitrogens with zero attached hydrogens (tertiary/aromatic N) is 1. The van der Waals surface area contributed by atoms with Crippen LogP contribution in [0.4, 0.5) is 0 Å². The van der Waals surface area contributed by atoms with Gasteiger partial charge in [-0.05, 0) is 37.4 Å². The first kappa shape index (κ1) is 15.0. The summed E-state index contributed by atoms with van der Waals surface area (Å²) in [6.07, 6.45) is 2.19. The average molecular weight is 269 g/mol. The maximum absolute atomic E-state index is 11.4. The summed E-state index contributed by atoms with van der Waals surface area (Å²) in [6, 6.07) is 9.04. The van der Waals surface area contributed by atoms with E-state index in [4.69, 9.17) is 0 Å². The molecule has 0 aromatic heterocycles. The minimum Gasteiger partial charge on any atom is -1.00 e. The molecule has 18 heavy (non-hydrogen) atoms. The molecule has 0 bridgehead atoms. The highest BCUT2D eigenvalue weighted by molar-refractivity contribution is 5.75. The average Bonchev–Trinajstić information content (AvgIpc) is 2.33. The number of hydrogen-bond donors (Lipinski definition) is 1. The highest BCUT2D eigenvalue weighted by atomic mass is 35.5. The molecule has 1 aliphatic heterocycles. The molecule has 1 unspecified atom stereocenters. The van der Waals surface area contributed by atoms with Crippen LogP contribution in [0.15, 0.2) is 30.3 Å². The zero-order valence-electron chi connectivity index (χ0n) is 10.6. The lowest BCUT2D eigenvalue weighted by Crippen LogP contribution is -3.00. The zero-order valence-corrected chi connectivity index (χ0v) is 11.3. The number of rotatable bonds is 3. The molecular weight excluding hydrogens is 250 g/mol. The number of aliphatic carboxylic acids is 1. The number of halogens is 1. The van der Waals surface area contributed by atoms with Crippen molar-refractivity contribution in [3.8, 4) is 0 Å². The SMILES string of the molecule is CC1CCN(C(C(=O)O)c2ccccc2)CC1.[Cl-]. The number of carboxylic acids is 1. The highest BCUT2D eigenvalue weighted by Crippen LogP contribution is 2.26. The van der Waals surface area contributed by atoms with E-state index in [1.165, 1.54) is 0 Å². The van der Waals surface area contributed by atoms with Gasteiger partial charge in [0.1, 0.15) is 6.04 Å². The number of piperidine rings is 1. The van der Waals surface area contributed by atoms with Crippen LogP contribution in [0, 0.1) is 5.92 Å². The molecule has 0 spiro atoms. The molecule has 1 atom stereocenters. The fourth-order valence-electron chi connectivity index (χ4n) is 2.43. The second-order valence-electron chi connectivity index (χ2n) is 4.87. The Bertz CT molecular complexity index is 375. The van der Waals surface area contributed by atoms with Crippen LogP contribution in [0.5, 0.6) is 0 Å². The van der Waals surface area contributed by atoms with Crippen molar-refractivity contribution in [1.82, 2.24) is 4.90 Å². The lowest BCUT2D eigenvalue weighted by Gasteiger charge is -2.34. The predicted octanol–water partition coefficient (Wildman–Crippen LogP) is -0.452. The molecule has 0 saturated carbocycles. The van der Waals surface area contributed by atoms with E-state index in [0.717, 1.165) is 37.4 Å².